The average Bonchev–Trinajstić information content (AvgIpc) is 3.66. The van der Waals surface area contributed by atoms with Crippen LogP contribution in [-0.2, 0) is 16.2 Å². The molecule has 0 aliphatic carbocycles. The first-order valence-corrected chi connectivity index (χ1v) is 16.8. The fourth-order valence-electron chi connectivity index (χ4n) is 7.00. The minimum atomic E-state index is -2.26. The number of benzene rings is 4. The van der Waals surface area contributed by atoms with E-state index in [-0.39, 0.29) is 21.9 Å². The second-order valence-electron chi connectivity index (χ2n) is 15.2. The number of hydrogen-bond acceptors (Lipinski definition) is 2. The van der Waals surface area contributed by atoms with Crippen LogP contribution in [0.2, 0.25) is 0 Å². The molecule has 7 rings (SSSR count). The average molecular weight is 634 g/mol. The first-order chi connectivity index (χ1) is 24.0. The summed E-state index contributed by atoms with van der Waals surface area (Å²) in [5, 5.41) is 6.86. The molecule has 3 heterocycles. The van der Waals surface area contributed by atoms with Crippen LogP contribution in [0.25, 0.3) is 33.3 Å². The SMILES string of the molecule is [2H]C([2H])([2H])c1cc(C)n(-c2cccc(C(C)(C)c3ccc4c5cc(C(C)(C)C)ccc5n(-c5cc(C(C)(C)c6ccccc6)ccn5)c4c3)c2)n1. The van der Waals surface area contributed by atoms with Crippen LogP contribution in [0.4, 0.5) is 0 Å². The van der Waals surface area contributed by atoms with Crippen molar-refractivity contribution in [2.24, 2.45) is 0 Å². The molecule has 7 aromatic rings. The number of nitrogens with zero attached hydrogens (tertiary/aromatic N) is 4. The molecule has 4 nitrogen and oxygen atoms in total. The fraction of sp³-hybridized carbons (Fsp3) is 0.273. The zero-order valence-electron chi connectivity index (χ0n) is 32.3. The van der Waals surface area contributed by atoms with E-state index in [1.807, 2.05) is 25.3 Å². The Morgan fingerprint density at radius 2 is 1.27 bits per heavy atom. The molecule has 0 atom stereocenters. The zero-order valence-corrected chi connectivity index (χ0v) is 29.3. The molecule has 3 aromatic heterocycles. The smallest absolute Gasteiger partial charge is 0.137 e. The predicted molar refractivity (Wildman–Crippen MR) is 201 cm³/mol. The van der Waals surface area contributed by atoms with Gasteiger partial charge in [-0.1, -0.05) is 109 Å². The lowest BCUT2D eigenvalue weighted by Crippen LogP contribution is -2.20. The summed E-state index contributed by atoms with van der Waals surface area (Å²) in [6.45, 7) is 15.4. The van der Waals surface area contributed by atoms with Crippen molar-refractivity contribution in [2.75, 3.05) is 0 Å². The monoisotopic (exact) mass is 633 g/mol. The number of pyridine rings is 1. The zero-order chi connectivity index (χ0) is 36.5. The quantitative estimate of drug-likeness (QED) is 0.183. The Bertz CT molecular complexity index is 2400. The van der Waals surface area contributed by atoms with E-state index in [2.05, 4.69) is 149 Å². The van der Waals surface area contributed by atoms with E-state index in [0.717, 1.165) is 39.4 Å². The molecule has 0 aliphatic heterocycles. The Morgan fingerprint density at radius 3 is 2.00 bits per heavy atom. The fourth-order valence-corrected chi connectivity index (χ4v) is 7.00. The Labute approximate surface area is 289 Å². The van der Waals surface area contributed by atoms with E-state index in [1.165, 1.54) is 27.5 Å². The van der Waals surface area contributed by atoms with E-state index in [1.54, 1.807) is 10.7 Å². The Hall–Kier alpha value is -4.96. The molecule has 242 valence electrons. The minimum Gasteiger partial charge on any atom is -0.294 e. The molecule has 4 heteroatoms. The number of rotatable bonds is 6. The third-order valence-electron chi connectivity index (χ3n) is 10.2. The maximum absolute atomic E-state index is 7.86. The van der Waals surface area contributed by atoms with Crippen molar-refractivity contribution in [1.29, 1.82) is 0 Å². The summed E-state index contributed by atoms with van der Waals surface area (Å²) in [4.78, 5) is 5.00. The lowest BCUT2D eigenvalue weighted by molar-refractivity contribution is 0.591. The van der Waals surface area contributed by atoms with Crippen molar-refractivity contribution in [3.63, 3.8) is 0 Å². The molecule has 0 saturated heterocycles. The Kier molecular flexibility index (Phi) is 6.63. The summed E-state index contributed by atoms with van der Waals surface area (Å²) >= 11 is 0. The normalized spacial score (nSPS) is 13.9. The molecular weight excluding hydrogens is 585 g/mol. The lowest BCUT2D eigenvalue weighted by atomic mass is 9.77. The summed E-state index contributed by atoms with van der Waals surface area (Å²) in [6.07, 6.45) is 1.94. The van der Waals surface area contributed by atoms with E-state index in [4.69, 9.17) is 9.10 Å². The Balaban J connectivity index is 1.40. The summed E-state index contributed by atoms with van der Waals surface area (Å²) in [5.41, 5.74) is 9.34. The molecule has 0 spiro atoms. The third kappa shape index (κ3) is 5.34. The van der Waals surface area contributed by atoms with Gasteiger partial charge in [-0.2, -0.15) is 5.10 Å². The van der Waals surface area contributed by atoms with Gasteiger partial charge in [0, 0.05) is 37.6 Å². The van der Waals surface area contributed by atoms with Crippen molar-refractivity contribution in [1.82, 2.24) is 19.3 Å². The van der Waals surface area contributed by atoms with Gasteiger partial charge in [-0.05, 0) is 95.5 Å². The molecule has 48 heavy (non-hydrogen) atoms. The van der Waals surface area contributed by atoms with Crippen molar-refractivity contribution in [2.45, 2.75) is 78.5 Å². The van der Waals surface area contributed by atoms with Gasteiger partial charge >= 0.3 is 0 Å². The highest BCUT2D eigenvalue weighted by molar-refractivity contribution is 6.09. The van der Waals surface area contributed by atoms with Crippen molar-refractivity contribution < 1.29 is 4.11 Å². The van der Waals surface area contributed by atoms with Gasteiger partial charge in [0.05, 0.1) is 22.4 Å². The largest absolute Gasteiger partial charge is 0.294 e. The predicted octanol–water partition coefficient (Wildman–Crippen LogP) is 10.9. The molecule has 0 N–H and O–H groups in total. The van der Waals surface area contributed by atoms with Crippen molar-refractivity contribution >= 4 is 21.8 Å². The minimum absolute atomic E-state index is 0.00458. The lowest BCUT2D eigenvalue weighted by Gasteiger charge is -2.27. The Morgan fingerprint density at radius 1 is 0.583 bits per heavy atom. The molecule has 0 aliphatic rings. The van der Waals surface area contributed by atoms with Gasteiger partial charge in [0.1, 0.15) is 5.82 Å². The standard InChI is InChI=1S/C44H46N4/c1-29-24-30(2)48(46-29)36-17-13-16-33(25-36)44(8,9)34-18-20-37-38-26-32(42(3,4)5)19-21-39(38)47(40(37)27-34)41-28-35(22-23-45-41)43(6,7)31-14-11-10-12-15-31/h10-28H,1-9H3/i1D3. The molecule has 0 bridgehead atoms. The second-order valence-corrected chi connectivity index (χ2v) is 15.2. The third-order valence-corrected chi connectivity index (χ3v) is 10.2. The summed E-state index contributed by atoms with van der Waals surface area (Å²) < 4.78 is 27.6. The van der Waals surface area contributed by atoms with E-state index >= 15 is 0 Å². The summed E-state index contributed by atoms with van der Waals surface area (Å²) in [5.74, 6) is 0.885. The number of hydrogen-bond donors (Lipinski definition) is 0. The number of aromatic nitrogens is 4. The molecule has 0 saturated carbocycles. The van der Waals surface area contributed by atoms with Crippen LogP contribution in [0.5, 0.6) is 0 Å². The van der Waals surface area contributed by atoms with Gasteiger partial charge in [0.25, 0.3) is 0 Å². The van der Waals surface area contributed by atoms with Crippen LogP contribution in [0.15, 0.2) is 115 Å². The maximum Gasteiger partial charge on any atom is 0.137 e. The first kappa shape index (κ1) is 28.1. The van der Waals surface area contributed by atoms with Crippen molar-refractivity contribution in [3.8, 4) is 11.5 Å². The van der Waals surface area contributed by atoms with Crippen LogP contribution in [0.1, 0.15) is 91.8 Å². The highest BCUT2D eigenvalue weighted by Crippen LogP contribution is 2.40. The van der Waals surface area contributed by atoms with Crippen LogP contribution in [0, 0.1) is 13.8 Å². The highest BCUT2D eigenvalue weighted by atomic mass is 15.3. The first-order valence-electron chi connectivity index (χ1n) is 18.3. The van der Waals surface area contributed by atoms with Gasteiger partial charge in [0.2, 0.25) is 0 Å². The summed E-state index contributed by atoms with van der Waals surface area (Å²) in [6, 6.07) is 38.6. The number of fused-ring (bicyclic) bond motifs is 3. The van der Waals surface area contributed by atoms with Gasteiger partial charge < -0.3 is 0 Å². The van der Waals surface area contributed by atoms with Crippen LogP contribution >= 0.6 is 0 Å². The number of aryl methyl sites for hydroxylation is 2. The molecule has 4 aromatic carbocycles. The van der Waals surface area contributed by atoms with Gasteiger partial charge in [-0.3, -0.25) is 4.57 Å². The van der Waals surface area contributed by atoms with Crippen LogP contribution in [0.3, 0.4) is 0 Å². The molecule has 0 amide bonds. The van der Waals surface area contributed by atoms with E-state index < -0.39 is 6.85 Å². The maximum atomic E-state index is 7.86. The molecule has 0 radical (unpaired) electrons. The molecular formula is C44H46N4. The highest BCUT2D eigenvalue weighted by Gasteiger charge is 2.28. The second kappa shape index (κ2) is 11.3. The van der Waals surface area contributed by atoms with E-state index in [9.17, 15) is 0 Å². The molecule has 0 unspecified atom stereocenters. The van der Waals surface area contributed by atoms with Gasteiger partial charge in [0.15, 0.2) is 0 Å². The molecule has 0 fully saturated rings. The van der Waals surface area contributed by atoms with E-state index in [0.29, 0.717) is 0 Å². The van der Waals surface area contributed by atoms with Gasteiger partial charge in [-0.15, -0.1) is 0 Å². The van der Waals surface area contributed by atoms with Crippen LogP contribution < -0.4 is 0 Å². The van der Waals surface area contributed by atoms with Crippen molar-refractivity contribution in [3.05, 3.63) is 155 Å². The summed E-state index contributed by atoms with van der Waals surface area (Å²) in [7, 11) is 0. The van der Waals surface area contributed by atoms with Gasteiger partial charge in [-0.25, -0.2) is 9.67 Å². The topological polar surface area (TPSA) is 35.6 Å². The van der Waals surface area contributed by atoms with Crippen LogP contribution in [-0.4, -0.2) is 19.3 Å².